The summed E-state index contributed by atoms with van der Waals surface area (Å²) in [6.45, 7) is 2.32. The molecule has 2 aromatic rings. The Morgan fingerprint density at radius 2 is 2.41 bits per heavy atom. The van der Waals surface area contributed by atoms with Crippen molar-refractivity contribution in [2.24, 2.45) is 0 Å². The monoisotopic (exact) mass is 249 g/mol. The van der Waals surface area contributed by atoms with Crippen LogP contribution in [0.1, 0.15) is 21.1 Å². The Morgan fingerprint density at radius 3 is 3.06 bits per heavy atom. The van der Waals surface area contributed by atoms with Gasteiger partial charge in [-0.2, -0.15) is 0 Å². The number of rotatable bonds is 4. The molecule has 88 valence electrons. The Kier molecular flexibility index (Phi) is 3.34. The predicted octanol–water partition coefficient (Wildman–Crippen LogP) is 2.16. The summed E-state index contributed by atoms with van der Waals surface area (Å²) in [6.07, 6.45) is 3.43. The van der Waals surface area contributed by atoms with E-state index in [2.05, 4.69) is 15.3 Å². The Hall–Kier alpha value is -1.95. The van der Waals surface area contributed by atoms with E-state index in [0.29, 0.717) is 11.5 Å². The molecule has 0 aliphatic carbocycles. The molecule has 0 radical (unpaired) electrons. The highest BCUT2D eigenvalue weighted by atomic mass is 32.1. The molecule has 2 aromatic heterocycles. The molecular weight excluding hydrogens is 238 g/mol. The van der Waals surface area contributed by atoms with Gasteiger partial charge in [-0.05, 0) is 18.6 Å². The number of hydrogen-bond donors (Lipinski definition) is 2. The number of carbonyl (C=O) groups is 1. The lowest BCUT2D eigenvalue weighted by atomic mass is 10.3. The van der Waals surface area contributed by atoms with Crippen molar-refractivity contribution in [1.29, 1.82) is 0 Å². The third kappa shape index (κ3) is 2.79. The molecule has 0 atom stereocenters. The van der Waals surface area contributed by atoms with E-state index in [4.69, 9.17) is 5.11 Å². The zero-order chi connectivity index (χ0) is 12.3. The molecule has 0 fully saturated rings. The third-order valence-electron chi connectivity index (χ3n) is 2.11. The van der Waals surface area contributed by atoms with E-state index < -0.39 is 5.97 Å². The number of hydrogen-bond acceptors (Lipinski definition) is 5. The van der Waals surface area contributed by atoms with Crippen molar-refractivity contribution in [2.45, 2.75) is 13.5 Å². The fraction of sp³-hybridized carbons (Fsp3) is 0.182. The molecule has 5 nitrogen and oxygen atoms in total. The standard InChI is InChI=1S/C11H11N3O2S/c1-7-14-9(11(15)16)10(17-7)13-6-8-3-2-4-12-5-8/h2-5,13H,6H2,1H3,(H,15,16). The van der Waals surface area contributed by atoms with Gasteiger partial charge in [0, 0.05) is 18.9 Å². The molecule has 6 heteroatoms. The van der Waals surface area contributed by atoms with Gasteiger partial charge in [-0.15, -0.1) is 11.3 Å². The maximum Gasteiger partial charge on any atom is 0.357 e. The van der Waals surface area contributed by atoms with Crippen molar-refractivity contribution in [3.05, 3.63) is 40.8 Å². The molecule has 2 heterocycles. The van der Waals surface area contributed by atoms with E-state index in [1.54, 1.807) is 19.3 Å². The summed E-state index contributed by atoms with van der Waals surface area (Å²) in [7, 11) is 0. The van der Waals surface area contributed by atoms with Gasteiger partial charge in [0.25, 0.3) is 0 Å². The molecule has 0 aromatic carbocycles. The van der Waals surface area contributed by atoms with Gasteiger partial charge < -0.3 is 10.4 Å². The molecular formula is C11H11N3O2S. The lowest BCUT2D eigenvalue weighted by Crippen LogP contribution is -2.04. The molecule has 0 spiro atoms. The summed E-state index contributed by atoms with van der Waals surface area (Å²) in [4.78, 5) is 18.9. The number of carboxylic acids is 1. The number of aromatic nitrogens is 2. The first-order valence-corrected chi connectivity index (χ1v) is 5.82. The molecule has 0 saturated heterocycles. The van der Waals surface area contributed by atoms with Gasteiger partial charge in [0.1, 0.15) is 5.00 Å². The van der Waals surface area contributed by atoms with E-state index >= 15 is 0 Å². The van der Waals surface area contributed by atoms with Crippen LogP contribution in [0.15, 0.2) is 24.5 Å². The normalized spacial score (nSPS) is 10.2. The zero-order valence-electron chi connectivity index (χ0n) is 9.17. The van der Waals surface area contributed by atoms with Crippen LogP contribution in [0.2, 0.25) is 0 Å². The fourth-order valence-electron chi connectivity index (χ4n) is 1.38. The second-order valence-electron chi connectivity index (χ2n) is 3.43. The first kappa shape index (κ1) is 11.5. The van der Waals surface area contributed by atoms with E-state index in [1.807, 2.05) is 12.1 Å². The molecule has 0 aliphatic rings. The van der Waals surface area contributed by atoms with Gasteiger partial charge in [-0.25, -0.2) is 9.78 Å². The number of aromatic carboxylic acids is 1. The van der Waals surface area contributed by atoms with Gasteiger partial charge in [0.15, 0.2) is 5.69 Å². The van der Waals surface area contributed by atoms with Crippen LogP contribution in [0, 0.1) is 6.92 Å². The summed E-state index contributed by atoms with van der Waals surface area (Å²) in [5.41, 5.74) is 1.08. The summed E-state index contributed by atoms with van der Waals surface area (Å²) < 4.78 is 0. The van der Waals surface area contributed by atoms with Crippen LogP contribution in [0.25, 0.3) is 0 Å². The van der Waals surface area contributed by atoms with E-state index in [9.17, 15) is 4.79 Å². The van der Waals surface area contributed by atoms with Gasteiger partial charge in [0.05, 0.1) is 5.01 Å². The Morgan fingerprint density at radius 1 is 1.59 bits per heavy atom. The van der Waals surface area contributed by atoms with Gasteiger partial charge in [0.2, 0.25) is 0 Å². The number of carboxylic acid groups (broad SMARTS) is 1. The minimum Gasteiger partial charge on any atom is -0.476 e. The second kappa shape index (κ2) is 4.92. The highest BCUT2D eigenvalue weighted by Gasteiger charge is 2.15. The Balaban J connectivity index is 2.11. The van der Waals surface area contributed by atoms with E-state index in [-0.39, 0.29) is 5.69 Å². The van der Waals surface area contributed by atoms with Crippen molar-refractivity contribution < 1.29 is 9.90 Å². The SMILES string of the molecule is Cc1nc(C(=O)O)c(NCc2cccnc2)s1. The number of thiazole rings is 1. The van der Waals surface area contributed by atoms with Crippen molar-refractivity contribution in [1.82, 2.24) is 9.97 Å². The quantitative estimate of drug-likeness (QED) is 0.868. The lowest BCUT2D eigenvalue weighted by molar-refractivity contribution is 0.0692. The molecule has 0 saturated carbocycles. The van der Waals surface area contributed by atoms with Crippen LogP contribution in [0.3, 0.4) is 0 Å². The Labute approximate surface area is 102 Å². The van der Waals surface area contributed by atoms with Crippen molar-refractivity contribution in [3.63, 3.8) is 0 Å². The van der Waals surface area contributed by atoms with Crippen LogP contribution in [-0.2, 0) is 6.54 Å². The highest BCUT2D eigenvalue weighted by Crippen LogP contribution is 2.24. The number of nitrogens with one attached hydrogen (secondary N) is 1. The van der Waals surface area contributed by atoms with Crippen LogP contribution >= 0.6 is 11.3 Å². The number of nitrogens with zero attached hydrogens (tertiary/aromatic N) is 2. The van der Waals surface area contributed by atoms with Crippen molar-refractivity contribution >= 4 is 22.3 Å². The predicted molar refractivity (Wildman–Crippen MR) is 65.4 cm³/mol. The maximum absolute atomic E-state index is 10.9. The smallest absolute Gasteiger partial charge is 0.357 e. The molecule has 17 heavy (non-hydrogen) atoms. The fourth-order valence-corrected chi connectivity index (χ4v) is 2.18. The average molecular weight is 249 g/mol. The lowest BCUT2D eigenvalue weighted by Gasteiger charge is -2.03. The zero-order valence-corrected chi connectivity index (χ0v) is 9.99. The average Bonchev–Trinajstić information content (AvgIpc) is 2.69. The number of aryl methyl sites for hydroxylation is 1. The highest BCUT2D eigenvalue weighted by molar-refractivity contribution is 7.16. The van der Waals surface area contributed by atoms with Crippen molar-refractivity contribution in [2.75, 3.05) is 5.32 Å². The van der Waals surface area contributed by atoms with E-state index in [0.717, 1.165) is 10.6 Å². The first-order chi connectivity index (χ1) is 8.16. The van der Waals surface area contributed by atoms with Crippen LogP contribution in [-0.4, -0.2) is 21.0 Å². The molecule has 0 amide bonds. The van der Waals surface area contributed by atoms with Gasteiger partial charge in [-0.1, -0.05) is 6.07 Å². The van der Waals surface area contributed by atoms with Gasteiger partial charge >= 0.3 is 5.97 Å². The Bertz CT molecular complexity index is 525. The third-order valence-corrected chi connectivity index (χ3v) is 3.04. The maximum atomic E-state index is 10.9. The van der Waals surface area contributed by atoms with Crippen LogP contribution < -0.4 is 5.32 Å². The summed E-state index contributed by atoms with van der Waals surface area (Å²) in [5, 5.41) is 13.3. The van der Waals surface area contributed by atoms with E-state index in [1.165, 1.54) is 11.3 Å². The minimum atomic E-state index is -1.01. The first-order valence-electron chi connectivity index (χ1n) is 5.00. The molecule has 2 rings (SSSR count). The summed E-state index contributed by atoms with van der Waals surface area (Å²) >= 11 is 1.34. The second-order valence-corrected chi connectivity index (χ2v) is 4.63. The number of anilines is 1. The molecule has 2 N–H and O–H groups in total. The van der Waals surface area contributed by atoms with Crippen LogP contribution in [0.4, 0.5) is 5.00 Å². The summed E-state index contributed by atoms with van der Waals surface area (Å²) in [5.74, 6) is -1.01. The molecule has 0 unspecified atom stereocenters. The minimum absolute atomic E-state index is 0.0800. The topological polar surface area (TPSA) is 75.1 Å². The molecule has 0 bridgehead atoms. The van der Waals surface area contributed by atoms with Gasteiger partial charge in [-0.3, -0.25) is 4.98 Å². The largest absolute Gasteiger partial charge is 0.476 e. The number of pyridine rings is 1. The van der Waals surface area contributed by atoms with Crippen molar-refractivity contribution in [3.8, 4) is 0 Å². The molecule has 0 aliphatic heterocycles. The van der Waals surface area contributed by atoms with Crippen LogP contribution in [0.5, 0.6) is 0 Å². The summed E-state index contributed by atoms with van der Waals surface area (Å²) in [6, 6.07) is 3.77.